The molecule has 1 saturated heterocycles. The number of para-hydroxylation sites is 1. The molecule has 35 heavy (non-hydrogen) atoms. The van der Waals surface area contributed by atoms with E-state index in [9.17, 15) is 14.7 Å². The highest BCUT2D eigenvalue weighted by molar-refractivity contribution is 6.52. The number of hydrogen-bond acceptors (Lipinski definition) is 6. The zero-order valence-electron chi connectivity index (χ0n) is 19.1. The molecule has 178 valence electrons. The van der Waals surface area contributed by atoms with Crippen LogP contribution in [0.4, 0.5) is 5.69 Å². The minimum absolute atomic E-state index is 0.0622. The van der Waals surface area contributed by atoms with Gasteiger partial charge in [-0.1, -0.05) is 35.9 Å². The van der Waals surface area contributed by atoms with Crippen LogP contribution >= 0.6 is 11.6 Å². The van der Waals surface area contributed by atoms with Crippen molar-refractivity contribution < 1.29 is 28.9 Å². The van der Waals surface area contributed by atoms with Crippen LogP contribution in [0.15, 0.2) is 66.2 Å². The van der Waals surface area contributed by atoms with Crippen LogP contribution in [0.3, 0.4) is 0 Å². The van der Waals surface area contributed by atoms with Gasteiger partial charge in [0.2, 0.25) is 0 Å². The zero-order valence-corrected chi connectivity index (χ0v) is 19.8. The Morgan fingerprint density at radius 2 is 1.77 bits per heavy atom. The number of rotatable bonds is 4. The molecule has 1 atom stereocenters. The fourth-order valence-electron chi connectivity index (χ4n) is 4.36. The van der Waals surface area contributed by atoms with Gasteiger partial charge in [-0.25, -0.2) is 0 Å². The van der Waals surface area contributed by atoms with Gasteiger partial charge in [0.25, 0.3) is 11.7 Å². The van der Waals surface area contributed by atoms with E-state index < -0.39 is 17.7 Å². The van der Waals surface area contributed by atoms with E-state index in [1.807, 2.05) is 6.92 Å². The van der Waals surface area contributed by atoms with Crippen LogP contribution in [-0.4, -0.2) is 37.1 Å². The summed E-state index contributed by atoms with van der Waals surface area (Å²) in [4.78, 5) is 28.1. The molecule has 8 heteroatoms. The Morgan fingerprint density at radius 3 is 2.51 bits per heavy atom. The Labute approximate surface area is 207 Å². The highest BCUT2D eigenvalue weighted by Crippen LogP contribution is 2.46. The van der Waals surface area contributed by atoms with E-state index >= 15 is 0 Å². The molecule has 1 amide bonds. The van der Waals surface area contributed by atoms with Crippen molar-refractivity contribution >= 4 is 34.7 Å². The first kappa shape index (κ1) is 22.8. The van der Waals surface area contributed by atoms with Crippen LogP contribution in [0.2, 0.25) is 5.02 Å². The molecule has 0 aliphatic carbocycles. The predicted molar refractivity (Wildman–Crippen MR) is 131 cm³/mol. The van der Waals surface area contributed by atoms with Crippen LogP contribution in [0.25, 0.3) is 5.76 Å². The number of methoxy groups -OCH3 is 1. The lowest BCUT2D eigenvalue weighted by molar-refractivity contribution is -0.132. The van der Waals surface area contributed by atoms with Gasteiger partial charge in [-0.3, -0.25) is 14.5 Å². The van der Waals surface area contributed by atoms with Crippen LogP contribution in [0.5, 0.6) is 17.2 Å². The number of carbonyl (C=O) groups excluding carboxylic acids is 2. The molecular weight excluding hydrogens is 470 g/mol. The molecule has 0 bridgehead atoms. The molecule has 2 aliphatic heterocycles. The molecule has 1 fully saturated rings. The maximum Gasteiger partial charge on any atom is 0.300 e. The van der Waals surface area contributed by atoms with Crippen molar-refractivity contribution in [3.63, 3.8) is 0 Å². The van der Waals surface area contributed by atoms with E-state index in [1.54, 1.807) is 60.7 Å². The molecule has 0 spiro atoms. The van der Waals surface area contributed by atoms with Gasteiger partial charge in [-0.05, 0) is 48.9 Å². The lowest BCUT2D eigenvalue weighted by Crippen LogP contribution is -2.29. The summed E-state index contributed by atoms with van der Waals surface area (Å²) in [5, 5.41) is 11.8. The molecule has 1 unspecified atom stereocenters. The summed E-state index contributed by atoms with van der Waals surface area (Å²) in [6.07, 6.45) is 0. The number of aryl methyl sites for hydroxylation is 1. The standard InChI is InChI=1S/C27H22ClNO6/c1-15-7-9-17(14-19(15)28)29-24(18-5-3-4-6-20(18)33-2)23(26(31)27(29)32)25(30)16-8-10-21-22(13-16)35-12-11-34-21/h3-10,13-14,24,30H,11-12H2,1-2H3/b25-23+. The summed E-state index contributed by atoms with van der Waals surface area (Å²) in [5.41, 5.74) is 2.07. The maximum atomic E-state index is 13.4. The quantitative estimate of drug-likeness (QED) is 0.312. The number of anilines is 1. The number of Topliss-reactive ketones (excluding diaryl/α,β-unsaturated/α-hetero) is 1. The number of nitrogens with zero attached hydrogens (tertiary/aromatic N) is 1. The smallest absolute Gasteiger partial charge is 0.300 e. The number of ketones is 1. The van der Waals surface area contributed by atoms with Crippen LogP contribution in [0, 0.1) is 6.92 Å². The summed E-state index contributed by atoms with van der Waals surface area (Å²) in [6, 6.07) is 16.1. The number of fused-ring (bicyclic) bond motifs is 1. The monoisotopic (exact) mass is 491 g/mol. The number of benzene rings is 3. The average molecular weight is 492 g/mol. The van der Waals surface area contributed by atoms with Crippen LogP contribution < -0.4 is 19.1 Å². The van der Waals surface area contributed by atoms with Gasteiger partial charge >= 0.3 is 0 Å². The molecule has 7 nitrogen and oxygen atoms in total. The lowest BCUT2D eigenvalue weighted by Gasteiger charge is -2.27. The van der Waals surface area contributed by atoms with Gasteiger partial charge in [0.05, 0.1) is 18.7 Å². The van der Waals surface area contributed by atoms with Crippen molar-refractivity contribution in [2.45, 2.75) is 13.0 Å². The fraction of sp³-hybridized carbons (Fsp3) is 0.185. The first-order chi connectivity index (χ1) is 16.9. The normalized spacial score (nSPS) is 18.6. The summed E-state index contributed by atoms with van der Waals surface area (Å²) in [7, 11) is 1.51. The Kier molecular flexibility index (Phi) is 5.86. The molecule has 0 radical (unpaired) electrons. The van der Waals surface area contributed by atoms with Crippen molar-refractivity contribution in [3.05, 3.63) is 87.9 Å². The summed E-state index contributed by atoms with van der Waals surface area (Å²) in [6.45, 7) is 2.65. The Bertz CT molecular complexity index is 1380. The summed E-state index contributed by atoms with van der Waals surface area (Å²) < 4.78 is 16.7. The number of halogens is 1. The van der Waals surface area contributed by atoms with Crippen molar-refractivity contribution in [2.24, 2.45) is 0 Å². The summed E-state index contributed by atoms with van der Waals surface area (Å²) >= 11 is 6.36. The highest BCUT2D eigenvalue weighted by atomic mass is 35.5. The molecule has 2 heterocycles. The van der Waals surface area contributed by atoms with Gasteiger partial charge in [0.15, 0.2) is 11.5 Å². The predicted octanol–water partition coefficient (Wildman–Crippen LogP) is 5.05. The Hall–Kier alpha value is -3.97. The van der Waals surface area contributed by atoms with Crippen molar-refractivity contribution in [1.82, 2.24) is 0 Å². The van der Waals surface area contributed by atoms with E-state index in [4.69, 9.17) is 25.8 Å². The van der Waals surface area contributed by atoms with Crippen molar-refractivity contribution in [3.8, 4) is 17.2 Å². The molecule has 3 aromatic rings. The maximum absolute atomic E-state index is 13.4. The number of ether oxygens (including phenoxy) is 3. The van der Waals surface area contributed by atoms with Gasteiger partial charge in [0.1, 0.15) is 24.7 Å². The second kappa shape index (κ2) is 9.00. The number of carbonyl (C=O) groups is 2. The number of hydrogen-bond donors (Lipinski definition) is 1. The highest BCUT2D eigenvalue weighted by Gasteiger charge is 2.48. The third-order valence-electron chi connectivity index (χ3n) is 6.13. The van der Waals surface area contributed by atoms with E-state index in [2.05, 4.69) is 0 Å². The molecular formula is C27H22ClNO6. The van der Waals surface area contributed by atoms with Gasteiger partial charge in [-0.15, -0.1) is 0 Å². The second-order valence-corrected chi connectivity index (χ2v) is 8.61. The summed E-state index contributed by atoms with van der Waals surface area (Å²) in [5.74, 6) is -0.449. The molecule has 0 aromatic heterocycles. The largest absolute Gasteiger partial charge is 0.507 e. The Morgan fingerprint density at radius 1 is 1.03 bits per heavy atom. The van der Waals surface area contributed by atoms with Gasteiger partial charge in [0, 0.05) is 21.8 Å². The van der Waals surface area contributed by atoms with E-state index in [0.717, 1.165) is 5.56 Å². The molecule has 2 aliphatic rings. The SMILES string of the molecule is COc1ccccc1C1/C(=C(\O)c2ccc3c(c2)OCCO3)C(=O)C(=O)N1c1ccc(C)c(Cl)c1. The molecule has 1 N–H and O–H groups in total. The Balaban J connectivity index is 1.73. The third kappa shape index (κ3) is 3.88. The minimum Gasteiger partial charge on any atom is -0.507 e. The number of amides is 1. The van der Waals surface area contributed by atoms with Crippen LogP contribution in [-0.2, 0) is 9.59 Å². The van der Waals surface area contributed by atoms with Crippen molar-refractivity contribution in [2.75, 3.05) is 25.2 Å². The zero-order chi connectivity index (χ0) is 24.7. The molecule has 3 aromatic carbocycles. The van der Waals surface area contributed by atoms with Crippen LogP contribution in [0.1, 0.15) is 22.7 Å². The molecule has 0 saturated carbocycles. The van der Waals surface area contributed by atoms with Crippen molar-refractivity contribution in [1.29, 1.82) is 0 Å². The minimum atomic E-state index is -0.946. The number of aliphatic hydroxyl groups is 1. The van der Waals surface area contributed by atoms with E-state index in [0.29, 0.717) is 52.3 Å². The lowest BCUT2D eigenvalue weighted by atomic mass is 9.94. The van der Waals surface area contributed by atoms with Gasteiger partial charge < -0.3 is 19.3 Å². The topological polar surface area (TPSA) is 85.3 Å². The molecule has 5 rings (SSSR count). The van der Waals surface area contributed by atoms with E-state index in [1.165, 1.54) is 12.0 Å². The number of aliphatic hydroxyl groups excluding tert-OH is 1. The second-order valence-electron chi connectivity index (χ2n) is 8.20. The average Bonchev–Trinajstić information content (AvgIpc) is 3.15. The van der Waals surface area contributed by atoms with E-state index in [-0.39, 0.29) is 11.3 Å². The fourth-order valence-corrected chi connectivity index (χ4v) is 4.54. The first-order valence-electron chi connectivity index (χ1n) is 11.0. The third-order valence-corrected chi connectivity index (χ3v) is 6.53. The first-order valence-corrected chi connectivity index (χ1v) is 11.4. The van der Waals surface area contributed by atoms with Gasteiger partial charge in [-0.2, -0.15) is 0 Å².